The van der Waals surface area contributed by atoms with Gasteiger partial charge in [-0.15, -0.1) is 0 Å². The zero-order chi connectivity index (χ0) is 29.4. The van der Waals surface area contributed by atoms with Crippen LogP contribution in [0.1, 0.15) is 44.8 Å². The summed E-state index contributed by atoms with van der Waals surface area (Å²) in [5.74, 6) is -0.476. The number of rotatable bonds is 7. The first-order chi connectivity index (χ1) is 20.4. The zero-order valence-electron chi connectivity index (χ0n) is 23.5. The molecule has 4 aromatic rings. The number of anilines is 1. The lowest BCUT2D eigenvalue weighted by Crippen LogP contribution is -2.50. The van der Waals surface area contributed by atoms with Crippen molar-refractivity contribution in [3.63, 3.8) is 0 Å². The first-order valence-corrected chi connectivity index (χ1v) is 14.0. The molecule has 0 bridgehead atoms. The van der Waals surface area contributed by atoms with Gasteiger partial charge >= 0.3 is 0 Å². The van der Waals surface area contributed by atoms with Crippen LogP contribution in [0.3, 0.4) is 0 Å². The summed E-state index contributed by atoms with van der Waals surface area (Å²) in [6.45, 7) is 4.01. The molecule has 0 spiro atoms. The average molecular weight is 566 g/mol. The lowest BCUT2D eigenvalue weighted by molar-refractivity contribution is -0.132. The molecule has 0 saturated carbocycles. The summed E-state index contributed by atoms with van der Waals surface area (Å²) >= 11 is 0. The summed E-state index contributed by atoms with van der Waals surface area (Å²) in [5.41, 5.74) is 2.77. The van der Waals surface area contributed by atoms with Gasteiger partial charge in [0.05, 0.1) is 40.9 Å². The van der Waals surface area contributed by atoms with Crippen LogP contribution >= 0.6 is 0 Å². The van der Waals surface area contributed by atoms with Gasteiger partial charge in [0.1, 0.15) is 5.75 Å². The number of H-pyrrole nitrogens is 1. The summed E-state index contributed by atoms with van der Waals surface area (Å²) in [6, 6.07) is 20.1. The maximum absolute atomic E-state index is 13.5. The van der Waals surface area contributed by atoms with Gasteiger partial charge in [-0.3, -0.25) is 24.1 Å². The normalized spacial score (nSPS) is 15.7. The second-order valence-corrected chi connectivity index (χ2v) is 10.6. The molecule has 0 unspecified atom stereocenters. The Morgan fingerprint density at radius 2 is 1.67 bits per heavy atom. The zero-order valence-corrected chi connectivity index (χ0v) is 23.5. The predicted molar refractivity (Wildman–Crippen MR) is 158 cm³/mol. The highest BCUT2D eigenvalue weighted by Gasteiger charge is 2.39. The van der Waals surface area contributed by atoms with Crippen molar-refractivity contribution < 1.29 is 19.1 Å². The van der Waals surface area contributed by atoms with Crippen molar-refractivity contribution in [3.05, 3.63) is 99.5 Å². The second kappa shape index (κ2) is 11.1. The van der Waals surface area contributed by atoms with Crippen molar-refractivity contribution in [1.82, 2.24) is 20.0 Å². The fourth-order valence-electron chi connectivity index (χ4n) is 5.88. The molecule has 10 nitrogen and oxygen atoms in total. The van der Waals surface area contributed by atoms with E-state index in [0.29, 0.717) is 65.9 Å². The van der Waals surface area contributed by atoms with Crippen LogP contribution in [-0.4, -0.2) is 77.6 Å². The van der Waals surface area contributed by atoms with E-state index in [0.717, 1.165) is 11.3 Å². The van der Waals surface area contributed by atoms with Crippen molar-refractivity contribution in [1.29, 1.82) is 0 Å². The van der Waals surface area contributed by atoms with Crippen LogP contribution in [0, 0.1) is 0 Å². The number of piperazine rings is 1. The van der Waals surface area contributed by atoms with E-state index >= 15 is 0 Å². The molecule has 0 aliphatic carbocycles. The van der Waals surface area contributed by atoms with Gasteiger partial charge in [0.15, 0.2) is 0 Å². The summed E-state index contributed by atoms with van der Waals surface area (Å²) in [7, 11) is 1.60. The average Bonchev–Trinajstić information content (AvgIpc) is 3.28. The van der Waals surface area contributed by atoms with Crippen LogP contribution < -0.4 is 15.2 Å². The third kappa shape index (κ3) is 4.78. The van der Waals surface area contributed by atoms with E-state index in [1.165, 1.54) is 4.90 Å². The van der Waals surface area contributed by atoms with E-state index in [4.69, 9.17) is 4.74 Å². The number of ether oxygens (including phenoxy) is 1. The molecule has 1 saturated heterocycles. The van der Waals surface area contributed by atoms with E-state index in [9.17, 15) is 19.2 Å². The molecule has 3 heterocycles. The maximum atomic E-state index is 13.5. The molecule has 1 fully saturated rings. The van der Waals surface area contributed by atoms with Crippen LogP contribution in [0.25, 0.3) is 10.8 Å². The smallest absolute Gasteiger partial charge is 0.272 e. The number of hydrogen-bond donors (Lipinski definition) is 1. The largest absolute Gasteiger partial charge is 0.497 e. The number of amides is 3. The summed E-state index contributed by atoms with van der Waals surface area (Å²) < 4.78 is 5.29. The van der Waals surface area contributed by atoms with E-state index in [1.54, 1.807) is 43.2 Å². The van der Waals surface area contributed by atoms with Gasteiger partial charge in [-0.1, -0.05) is 36.4 Å². The molecular weight excluding hydrogens is 534 g/mol. The Morgan fingerprint density at radius 3 is 2.43 bits per heavy atom. The minimum Gasteiger partial charge on any atom is -0.497 e. The Balaban J connectivity index is 1.15. The van der Waals surface area contributed by atoms with Gasteiger partial charge in [-0.2, -0.15) is 5.10 Å². The number of aromatic nitrogens is 2. The number of carbonyl (C=O) groups excluding carboxylic acids is 3. The molecule has 3 aromatic carbocycles. The topological polar surface area (TPSA) is 116 Å². The van der Waals surface area contributed by atoms with Crippen molar-refractivity contribution >= 4 is 34.2 Å². The Kier molecular flexibility index (Phi) is 7.20. The van der Waals surface area contributed by atoms with Gasteiger partial charge in [-0.05, 0) is 49.2 Å². The lowest BCUT2D eigenvalue weighted by Gasteiger charge is -2.37. The van der Waals surface area contributed by atoms with E-state index in [2.05, 4.69) is 15.1 Å². The lowest BCUT2D eigenvalue weighted by atomic mass is 9.99. The van der Waals surface area contributed by atoms with Crippen LogP contribution in [-0.2, 0) is 11.2 Å². The molecule has 214 valence electrons. The standard InChI is InChI=1S/C32H31N5O5/c1-20(28-23-9-3-4-10-24(23)29(38)34-33-28)30(39)36-17-15-35(16-18-36)26-12-6-11-25-27(26)32(41)37(31(25)40)14-13-21-7-5-8-22(19-21)42-2/h3-12,19-20H,13-18H2,1-2H3,(H,34,38)/t20-/m1/s1. The molecule has 0 radical (unpaired) electrons. The van der Waals surface area contributed by atoms with Gasteiger partial charge in [0.25, 0.3) is 17.4 Å². The van der Waals surface area contributed by atoms with Gasteiger partial charge < -0.3 is 14.5 Å². The molecule has 1 atom stereocenters. The summed E-state index contributed by atoms with van der Waals surface area (Å²) in [6.07, 6.45) is 0.524. The summed E-state index contributed by atoms with van der Waals surface area (Å²) in [5, 5.41) is 7.90. The molecule has 10 heteroatoms. The van der Waals surface area contributed by atoms with Crippen LogP contribution in [0.5, 0.6) is 5.75 Å². The molecule has 3 amide bonds. The highest BCUT2D eigenvalue weighted by Crippen LogP contribution is 2.33. The minimum absolute atomic E-state index is 0.0763. The van der Waals surface area contributed by atoms with E-state index < -0.39 is 5.92 Å². The Hall–Kier alpha value is -4.99. The highest BCUT2D eigenvalue weighted by atomic mass is 16.5. The van der Waals surface area contributed by atoms with Gasteiger partial charge in [-0.25, -0.2) is 5.10 Å². The van der Waals surface area contributed by atoms with Crippen molar-refractivity contribution in [2.75, 3.05) is 44.7 Å². The molecule has 6 rings (SSSR count). The molecule has 2 aliphatic heterocycles. The van der Waals surface area contributed by atoms with Crippen LogP contribution in [0.2, 0.25) is 0 Å². The number of fused-ring (bicyclic) bond motifs is 2. The predicted octanol–water partition coefficient (Wildman–Crippen LogP) is 3.22. The van der Waals surface area contributed by atoms with Crippen LogP contribution in [0.15, 0.2) is 71.5 Å². The number of benzene rings is 3. The van der Waals surface area contributed by atoms with Gasteiger partial charge in [0.2, 0.25) is 5.91 Å². The highest BCUT2D eigenvalue weighted by molar-refractivity contribution is 6.23. The molecule has 42 heavy (non-hydrogen) atoms. The first-order valence-electron chi connectivity index (χ1n) is 14.0. The minimum atomic E-state index is -0.545. The monoisotopic (exact) mass is 565 g/mol. The second-order valence-electron chi connectivity index (χ2n) is 10.6. The number of nitrogens with zero attached hydrogens (tertiary/aromatic N) is 4. The summed E-state index contributed by atoms with van der Waals surface area (Å²) in [4.78, 5) is 57.6. The molecular formula is C32H31N5O5. The number of imide groups is 1. The molecule has 1 aromatic heterocycles. The SMILES string of the molecule is COc1cccc(CCN2C(=O)c3cccc(N4CCN(C(=O)[C@H](C)c5n[nH]c(=O)c6ccccc56)CC4)c3C2=O)c1. The number of hydrogen-bond acceptors (Lipinski definition) is 7. The van der Waals surface area contributed by atoms with Crippen LogP contribution in [0.4, 0.5) is 5.69 Å². The molecule has 2 aliphatic rings. The van der Waals surface area contributed by atoms with Crippen molar-refractivity contribution in [3.8, 4) is 5.75 Å². The number of nitrogens with one attached hydrogen (secondary N) is 1. The van der Waals surface area contributed by atoms with Crippen molar-refractivity contribution in [2.24, 2.45) is 0 Å². The number of carbonyl (C=O) groups is 3. The van der Waals surface area contributed by atoms with Crippen molar-refractivity contribution in [2.45, 2.75) is 19.3 Å². The Morgan fingerprint density at radius 1 is 0.929 bits per heavy atom. The van der Waals surface area contributed by atoms with E-state index in [-0.39, 0.29) is 29.8 Å². The maximum Gasteiger partial charge on any atom is 0.272 e. The fraction of sp³-hybridized carbons (Fsp3) is 0.281. The Labute approximate surface area is 242 Å². The fourth-order valence-corrected chi connectivity index (χ4v) is 5.88. The van der Waals surface area contributed by atoms with E-state index in [1.807, 2.05) is 42.5 Å². The first kappa shape index (κ1) is 27.2. The number of aromatic amines is 1. The third-order valence-electron chi connectivity index (χ3n) is 8.17. The molecule has 1 N–H and O–H groups in total. The Bertz CT molecular complexity index is 1760. The van der Waals surface area contributed by atoms with Gasteiger partial charge in [0, 0.05) is 38.1 Å². The quantitative estimate of drug-likeness (QED) is 0.342. The number of methoxy groups -OCH3 is 1. The third-order valence-corrected chi connectivity index (χ3v) is 8.17.